The van der Waals surface area contributed by atoms with Crippen molar-refractivity contribution in [2.24, 2.45) is 11.8 Å². The minimum Gasteiger partial charge on any atom is -0.314 e. The van der Waals surface area contributed by atoms with Crippen molar-refractivity contribution in [3.05, 3.63) is 0 Å². The van der Waals surface area contributed by atoms with Crippen LogP contribution in [-0.2, 0) is 0 Å². The van der Waals surface area contributed by atoms with Crippen molar-refractivity contribution in [2.75, 3.05) is 6.54 Å². The summed E-state index contributed by atoms with van der Waals surface area (Å²) >= 11 is 0. The molecule has 14 heavy (non-hydrogen) atoms. The lowest BCUT2D eigenvalue weighted by molar-refractivity contribution is 0.281. The van der Waals surface area contributed by atoms with E-state index in [-0.39, 0.29) is 0 Å². The molecule has 0 aliphatic heterocycles. The summed E-state index contributed by atoms with van der Waals surface area (Å²) in [6, 6.07) is 0.732. The first-order valence-corrected chi connectivity index (χ1v) is 6.42. The Morgan fingerprint density at radius 3 is 1.86 bits per heavy atom. The Morgan fingerprint density at radius 2 is 1.50 bits per heavy atom. The smallest absolute Gasteiger partial charge is 0.00669 e. The third kappa shape index (κ3) is 4.99. The predicted octanol–water partition coefficient (Wildman–Crippen LogP) is 3.84. The topological polar surface area (TPSA) is 12.0 Å². The van der Waals surface area contributed by atoms with Gasteiger partial charge in [0.1, 0.15) is 0 Å². The van der Waals surface area contributed by atoms with Gasteiger partial charge in [-0.2, -0.15) is 0 Å². The third-order valence-electron chi connectivity index (χ3n) is 3.50. The second kappa shape index (κ2) is 8.28. The molecule has 0 aliphatic carbocycles. The average Bonchev–Trinajstić information content (AvgIpc) is 2.19. The van der Waals surface area contributed by atoms with Crippen LogP contribution in [0.4, 0.5) is 0 Å². The van der Waals surface area contributed by atoms with E-state index in [1.807, 2.05) is 0 Å². The summed E-state index contributed by atoms with van der Waals surface area (Å²) in [4.78, 5) is 0. The molecule has 0 aliphatic rings. The van der Waals surface area contributed by atoms with Crippen molar-refractivity contribution in [3.63, 3.8) is 0 Å². The minimum absolute atomic E-state index is 0.732. The number of hydrogen-bond acceptors (Lipinski definition) is 1. The van der Waals surface area contributed by atoms with Gasteiger partial charge in [-0.15, -0.1) is 0 Å². The van der Waals surface area contributed by atoms with Crippen LogP contribution in [0.2, 0.25) is 0 Å². The minimum atomic E-state index is 0.732. The Balaban J connectivity index is 3.92. The number of hydrogen-bond donors (Lipinski definition) is 1. The Bertz CT molecular complexity index is 118. The first kappa shape index (κ1) is 14.0. The van der Waals surface area contributed by atoms with Crippen LogP contribution < -0.4 is 5.32 Å². The molecule has 1 nitrogen and oxygen atoms in total. The average molecular weight is 199 g/mol. The molecule has 2 unspecified atom stereocenters. The van der Waals surface area contributed by atoms with Crippen LogP contribution in [0.5, 0.6) is 0 Å². The van der Waals surface area contributed by atoms with Crippen LogP contribution in [0.1, 0.15) is 60.3 Å². The fraction of sp³-hybridized carbons (Fsp3) is 1.00. The Labute approximate surface area is 90.7 Å². The zero-order chi connectivity index (χ0) is 11.0. The number of rotatable bonds is 8. The second-order valence-corrected chi connectivity index (χ2v) is 4.45. The van der Waals surface area contributed by atoms with Gasteiger partial charge in [-0.3, -0.25) is 0 Å². The van der Waals surface area contributed by atoms with Crippen LogP contribution in [0, 0.1) is 11.8 Å². The van der Waals surface area contributed by atoms with Gasteiger partial charge >= 0.3 is 0 Å². The molecule has 0 heterocycles. The molecule has 0 fully saturated rings. The van der Waals surface area contributed by atoms with Crippen LogP contribution in [0.3, 0.4) is 0 Å². The molecule has 0 spiro atoms. The van der Waals surface area contributed by atoms with Gasteiger partial charge in [0.15, 0.2) is 0 Å². The van der Waals surface area contributed by atoms with Crippen LogP contribution in [0.15, 0.2) is 0 Å². The standard InChI is InChI=1S/C13H29N/c1-6-12(7-2)11(5)10-13(8-3)14-9-4/h11-14H,6-10H2,1-5H3. The van der Waals surface area contributed by atoms with Crippen molar-refractivity contribution in [1.82, 2.24) is 5.32 Å². The van der Waals surface area contributed by atoms with E-state index >= 15 is 0 Å². The van der Waals surface area contributed by atoms with E-state index in [0.29, 0.717) is 0 Å². The fourth-order valence-electron chi connectivity index (χ4n) is 2.42. The molecule has 0 aromatic carbocycles. The van der Waals surface area contributed by atoms with Gasteiger partial charge in [-0.1, -0.05) is 47.5 Å². The van der Waals surface area contributed by atoms with E-state index < -0.39 is 0 Å². The Kier molecular flexibility index (Phi) is 8.26. The highest BCUT2D eigenvalue weighted by molar-refractivity contribution is 4.72. The van der Waals surface area contributed by atoms with E-state index in [4.69, 9.17) is 0 Å². The lowest BCUT2D eigenvalue weighted by Crippen LogP contribution is -2.31. The SMILES string of the molecule is CCNC(CC)CC(C)C(CC)CC. The van der Waals surface area contributed by atoms with Gasteiger partial charge < -0.3 is 5.32 Å². The fourth-order valence-corrected chi connectivity index (χ4v) is 2.42. The molecule has 0 aromatic heterocycles. The summed E-state index contributed by atoms with van der Waals surface area (Å²) in [7, 11) is 0. The van der Waals surface area contributed by atoms with Crippen molar-refractivity contribution < 1.29 is 0 Å². The molecular weight excluding hydrogens is 170 g/mol. The van der Waals surface area contributed by atoms with E-state index in [1.54, 1.807) is 0 Å². The highest BCUT2D eigenvalue weighted by atomic mass is 14.9. The van der Waals surface area contributed by atoms with Crippen molar-refractivity contribution >= 4 is 0 Å². The zero-order valence-electron chi connectivity index (χ0n) is 10.8. The molecule has 0 rings (SSSR count). The van der Waals surface area contributed by atoms with Crippen molar-refractivity contribution in [3.8, 4) is 0 Å². The van der Waals surface area contributed by atoms with Gasteiger partial charge in [0.05, 0.1) is 0 Å². The maximum atomic E-state index is 3.57. The van der Waals surface area contributed by atoms with Gasteiger partial charge in [0.2, 0.25) is 0 Å². The van der Waals surface area contributed by atoms with Gasteiger partial charge in [-0.05, 0) is 31.2 Å². The summed E-state index contributed by atoms with van der Waals surface area (Å²) in [5, 5.41) is 3.57. The lowest BCUT2D eigenvalue weighted by atomic mass is 9.84. The van der Waals surface area contributed by atoms with Crippen LogP contribution in [0.25, 0.3) is 0 Å². The summed E-state index contributed by atoms with van der Waals surface area (Å²) in [5.41, 5.74) is 0. The molecule has 0 radical (unpaired) electrons. The molecule has 0 saturated carbocycles. The molecule has 0 aromatic rings. The Morgan fingerprint density at radius 1 is 0.929 bits per heavy atom. The second-order valence-electron chi connectivity index (χ2n) is 4.45. The monoisotopic (exact) mass is 199 g/mol. The van der Waals surface area contributed by atoms with Crippen molar-refractivity contribution in [2.45, 2.75) is 66.3 Å². The molecule has 2 atom stereocenters. The van der Waals surface area contributed by atoms with E-state index in [2.05, 4.69) is 39.9 Å². The highest BCUT2D eigenvalue weighted by Gasteiger charge is 2.17. The largest absolute Gasteiger partial charge is 0.314 e. The van der Waals surface area contributed by atoms with E-state index in [1.165, 1.54) is 25.7 Å². The maximum Gasteiger partial charge on any atom is 0.00669 e. The van der Waals surface area contributed by atoms with E-state index in [0.717, 1.165) is 24.4 Å². The summed E-state index contributed by atoms with van der Waals surface area (Å²) in [5.74, 6) is 1.79. The van der Waals surface area contributed by atoms with Crippen LogP contribution in [-0.4, -0.2) is 12.6 Å². The lowest BCUT2D eigenvalue weighted by Gasteiger charge is -2.26. The predicted molar refractivity (Wildman–Crippen MR) is 65.6 cm³/mol. The van der Waals surface area contributed by atoms with E-state index in [9.17, 15) is 0 Å². The molecule has 86 valence electrons. The van der Waals surface area contributed by atoms with Crippen molar-refractivity contribution in [1.29, 1.82) is 0 Å². The molecule has 0 saturated heterocycles. The molecular formula is C13H29N. The van der Waals surface area contributed by atoms with Gasteiger partial charge in [-0.25, -0.2) is 0 Å². The summed E-state index contributed by atoms with van der Waals surface area (Å²) < 4.78 is 0. The maximum absolute atomic E-state index is 3.57. The first-order chi connectivity index (χ1) is 6.69. The molecule has 1 heteroatoms. The zero-order valence-corrected chi connectivity index (χ0v) is 10.8. The number of nitrogens with one attached hydrogen (secondary N) is 1. The summed E-state index contributed by atoms with van der Waals surface area (Å²) in [6.45, 7) is 12.6. The van der Waals surface area contributed by atoms with Gasteiger partial charge in [0.25, 0.3) is 0 Å². The quantitative estimate of drug-likeness (QED) is 0.626. The molecule has 0 amide bonds. The van der Waals surface area contributed by atoms with Gasteiger partial charge in [0, 0.05) is 6.04 Å². The first-order valence-electron chi connectivity index (χ1n) is 6.42. The normalized spacial score (nSPS) is 15.9. The highest BCUT2D eigenvalue weighted by Crippen LogP contribution is 2.24. The third-order valence-corrected chi connectivity index (χ3v) is 3.50. The molecule has 0 bridgehead atoms. The van der Waals surface area contributed by atoms with Crippen LogP contribution >= 0.6 is 0 Å². The Hall–Kier alpha value is -0.0400. The summed E-state index contributed by atoms with van der Waals surface area (Å²) in [6.07, 6.45) is 5.27. The molecule has 1 N–H and O–H groups in total.